The largest absolute Gasteiger partial charge is 0.103 e. The summed E-state index contributed by atoms with van der Waals surface area (Å²) in [6.45, 7) is 15.5. The third-order valence-corrected chi connectivity index (χ3v) is 5.89. The van der Waals surface area contributed by atoms with Crippen molar-refractivity contribution in [3.63, 3.8) is 0 Å². The van der Waals surface area contributed by atoms with Crippen LogP contribution in [0.15, 0.2) is 37.0 Å². The lowest BCUT2D eigenvalue weighted by Crippen LogP contribution is -2.33. The molecule has 2 fully saturated rings. The van der Waals surface area contributed by atoms with Crippen LogP contribution in [0.2, 0.25) is 0 Å². The smallest absolute Gasteiger partial charge is 0.00301 e. The van der Waals surface area contributed by atoms with Crippen molar-refractivity contribution in [3.05, 3.63) is 37.0 Å². The highest BCUT2D eigenvalue weighted by Gasteiger charge is 2.75. The van der Waals surface area contributed by atoms with E-state index in [1.165, 1.54) is 0 Å². The summed E-state index contributed by atoms with van der Waals surface area (Å²) in [5, 5.41) is 0. The van der Waals surface area contributed by atoms with E-state index in [0.29, 0.717) is 5.41 Å². The van der Waals surface area contributed by atoms with Crippen LogP contribution in [0.5, 0.6) is 0 Å². The van der Waals surface area contributed by atoms with Gasteiger partial charge in [-0.1, -0.05) is 58.1 Å². The van der Waals surface area contributed by atoms with Crippen molar-refractivity contribution < 1.29 is 0 Å². The summed E-state index contributed by atoms with van der Waals surface area (Å²) in [5.41, 5.74) is 0.681. The lowest BCUT2D eigenvalue weighted by Gasteiger charge is -2.39. The molecule has 0 heterocycles. The number of hydrogen-bond donors (Lipinski definition) is 0. The highest BCUT2D eigenvalue weighted by atomic mass is 14.8. The molecule has 100 valence electrons. The Morgan fingerprint density at radius 1 is 1.28 bits per heavy atom. The Morgan fingerprint density at radius 2 is 1.94 bits per heavy atom. The molecule has 0 aromatic heterocycles. The van der Waals surface area contributed by atoms with Crippen LogP contribution in [0.3, 0.4) is 0 Å². The van der Waals surface area contributed by atoms with Crippen molar-refractivity contribution in [2.24, 2.45) is 34.5 Å². The maximum atomic E-state index is 4.03. The van der Waals surface area contributed by atoms with Crippen LogP contribution in [0.4, 0.5) is 0 Å². The quantitative estimate of drug-likeness (QED) is 0.580. The molecule has 0 aliphatic heterocycles. The lowest BCUT2D eigenvalue weighted by atomic mass is 9.65. The molecule has 0 aromatic carbocycles. The van der Waals surface area contributed by atoms with E-state index in [1.807, 2.05) is 0 Å². The first-order chi connectivity index (χ1) is 8.46. The first kappa shape index (κ1) is 13.6. The Morgan fingerprint density at radius 3 is 2.39 bits per heavy atom. The summed E-state index contributed by atoms with van der Waals surface area (Å²) in [6, 6.07) is 0. The summed E-state index contributed by atoms with van der Waals surface area (Å²) in [7, 11) is 0. The van der Waals surface area contributed by atoms with Gasteiger partial charge in [0.25, 0.3) is 0 Å². The van der Waals surface area contributed by atoms with E-state index >= 15 is 0 Å². The van der Waals surface area contributed by atoms with Crippen LogP contribution in [0.1, 0.15) is 41.0 Å². The second-order valence-electron chi connectivity index (χ2n) is 6.63. The first-order valence-electron chi connectivity index (χ1n) is 7.43. The molecular weight excluding hydrogens is 216 g/mol. The fourth-order valence-electron chi connectivity index (χ4n) is 4.25. The van der Waals surface area contributed by atoms with Crippen molar-refractivity contribution in [2.45, 2.75) is 41.0 Å². The molecule has 0 saturated heterocycles. The van der Waals surface area contributed by atoms with Gasteiger partial charge in [-0.25, -0.2) is 0 Å². The molecule has 0 N–H and O–H groups in total. The molecule has 18 heavy (non-hydrogen) atoms. The van der Waals surface area contributed by atoms with Crippen molar-refractivity contribution in [1.82, 2.24) is 0 Å². The van der Waals surface area contributed by atoms with Gasteiger partial charge in [0.05, 0.1) is 0 Å². The number of rotatable bonds is 5. The zero-order valence-corrected chi connectivity index (χ0v) is 12.6. The Hall–Kier alpha value is -0.780. The van der Waals surface area contributed by atoms with Gasteiger partial charge in [-0.05, 0) is 37.0 Å². The van der Waals surface area contributed by atoms with Gasteiger partial charge in [0, 0.05) is 10.8 Å². The van der Waals surface area contributed by atoms with E-state index in [0.717, 1.165) is 30.1 Å². The summed E-state index contributed by atoms with van der Waals surface area (Å²) in [4.78, 5) is 0. The lowest BCUT2D eigenvalue weighted by molar-refractivity contribution is 0.130. The standard InChI is InChI=1S/C18H28/c1-7-10-17(6,9-3)11-12-18-14(5)13(4)16(18)15(18)8-2/h7-8,10-16H,2,9H2,1,3-6H3. The van der Waals surface area contributed by atoms with Crippen LogP contribution < -0.4 is 0 Å². The molecule has 2 rings (SSSR count). The van der Waals surface area contributed by atoms with Crippen LogP contribution in [0.25, 0.3) is 0 Å². The molecule has 0 radical (unpaired) electrons. The monoisotopic (exact) mass is 244 g/mol. The van der Waals surface area contributed by atoms with Gasteiger partial charge in [-0.3, -0.25) is 0 Å². The van der Waals surface area contributed by atoms with Crippen molar-refractivity contribution in [2.75, 3.05) is 0 Å². The van der Waals surface area contributed by atoms with Crippen LogP contribution >= 0.6 is 0 Å². The van der Waals surface area contributed by atoms with Gasteiger partial charge in [-0.2, -0.15) is 0 Å². The molecule has 0 nitrogen and oxygen atoms in total. The van der Waals surface area contributed by atoms with E-state index in [1.54, 1.807) is 0 Å². The average Bonchev–Trinajstić information content (AvgIpc) is 3.00. The highest BCUT2D eigenvalue weighted by Crippen LogP contribution is 2.79. The maximum Gasteiger partial charge on any atom is 0.00301 e. The molecule has 6 atom stereocenters. The Labute approximate surface area is 113 Å². The number of allylic oxidation sites excluding steroid dienone is 5. The molecule has 0 spiro atoms. The zero-order valence-electron chi connectivity index (χ0n) is 12.6. The van der Waals surface area contributed by atoms with Crippen molar-refractivity contribution in [3.8, 4) is 0 Å². The second-order valence-corrected chi connectivity index (χ2v) is 6.63. The molecule has 0 aromatic rings. The molecular formula is C18H28. The molecule has 6 unspecified atom stereocenters. The first-order valence-corrected chi connectivity index (χ1v) is 7.43. The molecule has 2 saturated carbocycles. The minimum Gasteiger partial charge on any atom is -0.103 e. The predicted octanol–water partition coefficient (Wildman–Crippen LogP) is 5.24. The van der Waals surface area contributed by atoms with Crippen LogP contribution in [-0.4, -0.2) is 0 Å². The third-order valence-electron chi connectivity index (χ3n) is 5.89. The minimum absolute atomic E-state index is 0.223. The van der Waals surface area contributed by atoms with Crippen LogP contribution in [0, 0.1) is 34.5 Å². The van der Waals surface area contributed by atoms with Gasteiger partial charge in [-0.15, -0.1) is 6.58 Å². The number of hydrogen-bond acceptors (Lipinski definition) is 0. The SMILES string of the molecule is C=CC1C2C(C)C(C)C12C=CC(C)(C=CC)CC. The fraction of sp³-hybridized carbons (Fsp3) is 0.667. The van der Waals surface area contributed by atoms with Crippen molar-refractivity contribution in [1.29, 1.82) is 0 Å². The zero-order chi connectivity index (χ0) is 13.6. The minimum atomic E-state index is 0.223. The van der Waals surface area contributed by atoms with E-state index < -0.39 is 0 Å². The van der Waals surface area contributed by atoms with E-state index in [4.69, 9.17) is 0 Å². The third kappa shape index (κ3) is 1.65. The molecule has 0 bridgehead atoms. The summed E-state index contributed by atoms with van der Waals surface area (Å²) in [6.07, 6.45) is 12.8. The van der Waals surface area contributed by atoms with Gasteiger partial charge in [0.1, 0.15) is 0 Å². The molecule has 0 heteroatoms. The van der Waals surface area contributed by atoms with Crippen LogP contribution in [-0.2, 0) is 0 Å². The Kier molecular flexibility index (Phi) is 3.34. The Bertz CT molecular complexity index is 389. The summed E-state index contributed by atoms with van der Waals surface area (Å²) in [5.74, 6) is 3.28. The molecule has 2 aliphatic rings. The molecule has 0 amide bonds. The fourth-order valence-corrected chi connectivity index (χ4v) is 4.25. The van der Waals surface area contributed by atoms with Crippen molar-refractivity contribution >= 4 is 0 Å². The predicted molar refractivity (Wildman–Crippen MR) is 80.3 cm³/mol. The highest BCUT2D eigenvalue weighted by molar-refractivity contribution is 5.35. The average molecular weight is 244 g/mol. The summed E-state index contributed by atoms with van der Waals surface area (Å²) < 4.78 is 0. The van der Waals surface area contributed by atoms with E-state index in [9.17, 15) is 0 Å². The molecule has 2 aliphatic carbocycles. The van der Waals surface area contributed by atoms with Gasteiger partial charge in [0.2, 0.25) is 0 Å². The maximum absolute atomic E-state index is 4.03. The number of fused-ring (bicyclic) bond motifs is 1. The van der Waals surface area contributed by atoms with E-state index in [-0.39, 0.29) is 5.41 Å². The van der Waals surface area contributed by atoms with Gasteiger partial charge < -0.3 is 0 Å². The Balaban J connectivity index is 2.17. The topological polar surface area (TPSA) is 0 Å². The van der Waals surface area contributed by atoms with Gasteiger partial charge >= 0.3 is 0 Å². The normalized spacial score (nSPS) is 45.6. The summed E-state index contributed by atoms with van der Waals surface area (Å²) >= 11 is 0. The van der Waals surface area contributed by atoms with Gasteiger partial charge in [0.15, 0.2) is 0 Å². The van der Waals surface area contributed by atoms with E-state index in [2.05, 4.69) is 71.6 Å². The second kappa shape index (κ2) is 4.40.